The maximum absolute atomic E-state index is 12.9. The Morgan fingerprint density at radius 3 is 2.52 bits per heavy atom. The first-order valence-corrected chi connectivity index (χ1v) is 10.9. The SMILES string of the molecule is CCNC(=NCC1(O)CCCC1)NC1CCN(Cc2cccc(C(F)(F)F)c2)CC1.I. The van der Waals surface area contributed by atoms with Gasteiger partial charge < -0.3 is 15.7 Å². The second kappa shape index (κ2) is 11.7. The number of nitrogens with zero attached hydrogens (tertiary/aromatic N) is 2. The van der Waals surface area contributed by atoms with Gasteiger partial charge >= 0.3 is 6.18 Å². The van der Waals surface area contributed by atoms with Gasteiger partial charge in [-0.2, -0.15) is 13.2 Å². The van der Waals surface area contributed by atoms with Crippen molar-refractivity contribution < 1.29 is 18.3 Å². The Hall–Kier alpha value is -1.07. The molecule has 9 heteroatoms. The molecule has 5 nitrogen and oxygen atoms in total. The molecule has 176 valence electrons. The summed E-state index contributed by atoms with van der Waals surface area (Å²) in [6, 6.07) is 5.85. The zero-order chi connectivity index (χ0) is 21.6. The van der Waals surface area contributed by atoms with Crippen molar-refractivity contribution in [1.29, 1.82) is 0 Å². The van der Waals surface area contributed by atoms with Gasteiger partial charge in [0.05, 0.1) is 17.7 Å². The number of hydrogen-bond donors (Lipinski definition) is 3. The Kier molecular flexibility index (Phi) is 9.88. The van der Waals surface area contributed by atoms with Crippen LogP contribution in [0.4, 0.5) is 13.2 Å². The number of piperidine rings is 1. The van der Waals surface area contributed by atoms with Crippen LogP contribution < -0.4 is 10.6 Å². The molecule has 1 saturated carbocycles. The minimum atomic E-state index is -4.30. The molecule has 0 spiro atoms. The molecule has 1 aromatic carbocycles. The average Bonchev–Trinajstić information content (AvgIpc) is 3.14. The van der Waals surface area contributed by atoms with Gasteiger partial charge in [-0.05, 0) is 44.2 Å². The Balaban J connectivity index is 0.00000341. The van der Waals surface area contributed by atoms with Gasteiger partial charge in [0.2, 0.25) is 0 Å². The van der Waals surface area contributed by atoms with E-state index in [1.807, 2.05) is 6.92 Å². The van der Waals surface area contributed by atoms with Crippen molar-refractivity contribution >= 4 is 29.9 Å². The van der Waals surface area contributed by atoms with Crippen molar-refractivity contribution in [2.75, 3.05) is 26.2 Å². The lowest BCUT2D eigenvalue weighted by Gasteiger charge is -2.33. The van der Waals surface area contributed by atoms with Crippen LogP contribution in [0.5, 0.6) is 0 Å². The fraction of sp³-hybridized carbons (Fsp3) is 0.682. The summed E-state index contributed by atoms with van der Waals surface area (Å²) < 4.78 is 38.7. The van der Waals surface area contributed by atoms with Crippen LogP contribution in [-0.4, -0.2) is 53.8 Å². The van der Waals surface area contributed by atoms with Gasteiger partial charge in [-0.1, -0.05) is 31.0 Å². The molecule has 0 radical (unpaired) electrons. The molecule has 2 fully saturated rings. The molecule has 1 aliphatic carbocycles. The van der Waals surface area contributed by atoms with Crippen LogP contribution in [-0.2, 0) is 12.7 Å². The molecule has 3 rings (SSSR count). The molecular formula is C22H34F3IN4O. The lowest BCUT2D eigenvalue weighted by Crippen LogP contribution is -2.49. The van der Waals surface area contributed by atoms with E-state index in [0.29, 0.717) is 18.7 Å². The first-order chi connectivity index (χ1) is 14.3. The van der Waals surface area contributed by atoms with Crippen molar-refractivity contribution in [2.45, 2.75) is 69.8 Å². The number of aliphatic hydroxyl groups is 1. The summed E-state index contributed by atoms with van der Waals surface area (Å²) in [4.78, 5) is 6.80. The first kappa shape index (κ1) is 26.2. The van der Waals surface area contributed by atoms with Gasteiger partial charge in [-0.15, -0.1) is 24.0 Å². The van der Waals surface area contributed by atoms with E-state index < -0.39 is 17.3 Å². The molecule has 0 unspecified atom stereocenters. The third-order valence-electron chi connectivity index (χ3n) is 6.00. The predicted octanol–water partition coefficient (Wildman–Crippen LogP) is 4.15. The molecule has 31 heavy (non-hydrogen) atoms. The van der Waals surface area contributed by atoms with Crippen LogP contribution in [0.25, 0.3) is 0 Å². The van der Waals surface area contributed by atoms with E-state index in [4.69, 9.17) is 0 Å². The normalized spacial score (nSPS) is 20.4. The lowest BCUT2D eigenvalue weighted by atomic mass is 10.0. The summed E-state index contributed by atoms with van der Waals surface area (Å²) in [6.07, 6.45) is 1.22. The van der Waals surface area contributed by atoms with E-state index in [2.05, 4.69) is 20.5 Å². The quantitative estimate of drug-likeness (QED) is 0.281. The van der Waals surface area contributed by atoms with Crippen LogP contribution >= 0.6 is 24.0 Å². The highest BCUT2D eigenvalue weighted by atomic mass is 127. The molecule has 0 atom stereocenters. The summed E-state index contributed by atoms with van der Waals surface area (Å²) in [5.41, 5.74) is -0.570. The highest BCUT2D eigenvalue weighted by Crippen LogP contribution is 2.30. The van der Waals surface area contributed by atoms with Crippen molar-refractivity contribution in [3.05, 3.63) is 35.4 Å². The van der Waals surface area contributed by atoms with E-state index in [1.54, 1.807) is 6.07 Å². The molecule has 1 heterocycles. The van der Waals surface area contributed by atoms with Gasteiger partial charge in [-0.25, -0.2) is 0 Å². The monoisotopic (exact) mass is 554 g/mol. The zero-order valence-electron chi connectivity index (χ0n) is 18.0. The van der Waals surface area contributed by atoms with Crippen molar-refractivity contribution in [3.8, 4) is 0 Å². The topological polar surface area (TPSA) is 59.9 Å². The number of halogens is 4. The maximum Gasteiger partial charge on any atom is 0.416 e. The van der Waals surface area contributed by atoms with Crippen molar-refractivity contribution in [1.82, 2.24) is 15.5 Å². The summed E-state index contributed by atoms with van der Waals surface area (Å²) >= 11 is 0. The number of nitrogens with one attached hydrogen (secondary N) is 2. The van der Waals surface area contributed by atoms with Crippen molar-refractivity contribution in [3.63, 3.8) is 0 Å². The smallest absolute Gasteiger partial charge is 0.388 e. The molecule has 1 aromatic rings. The number of alkyl halides is 3. The molecular weight excluding hydrogens is 520 g/mol. The molecule has 1 aliphatic heterocycles. The minimum absolute atomic E-state index is 0. The van der Waals surface area contributed by atoms with E-state index in [1.165, 1.54) is 12.1 Å². The van der Waals surface area contributed by atoms with Crippen LogP contribution in [0.3, 0.4) is 0 Å². The average molecular weight is 554 g/mol. The van der Waals surface area contributed by atoms with E-state index in [-0.39, 0.29) is 30.0 Å². The Morgan fingerprint density at radius 1 is 1.23 bits per heavy atom. The number of hydrogen-bond acceptors (Lipinski definition) is 3. The number of guanidine groups is 1. The predicted molar refractivity (Wildman–Crippen MR) is 128 cm³/mol. The maximum atomic E-state index is 12.9. The number of rotatable bonds is 6. The third kappa shape index (κ3) is 8.09. The largest absolute Gasteiger partial charge is 0.416 e. The standard InChI is InChI=1S/C22H33F3N4O.HI/c1-2-26-20(27-16-21(30)10-3-4-11-21)28-19-8-12-29(13-9-19)15-17-6-5-7-18(14-17)22(23,24)25;/h5-7,14,19,30H,2-4,8-13,15-16H2,1H3,(H2,26,27,28);1H. The summed E-state index contributed by atoms with van der Waals surface area (Å²) in [5.74, 6) is 0.731. The second-order valence-electron chi connectivity index (χ2n) is 8.52. The Labute approximate surface area is 199 Å². The van der Waals surface area contributed by atoms with E-state index >= 15 is 0 Å². The second-order valence-corrected chi connectivity index (χ2v) is 8.52. The molecule has 0 bridgehead atoms. The van der Waals surface area contributed by atoms with Gasteiger partial charge in [0.15, 0.2) is 5.96 Å². The fourth-order valence-electron chi connectivity index (χ4n) is 4.27. The van der Waals surface area contributed by atoms with Gasteiger partial charge in [0, 0.05) is 32.2 Å². The van der Waals surface area contributed by atoms with E-state index in [9.17, 15) is 18.3 Å². The van der Waals surface area contributed by atoms with Crippen molar-refractivity contribution in [2.24, 2.45) is 4.99 Å². The fourth-order valence-corrected chi connectivity index (χ4v) is 4.27. The highest BCUT2D eigenvalue weighted by molar-refractivity contribution is 14.0. The minimum Gasteiger partial charge on any atom is -0.388 e. The third-order valence-corrected chi connectivity index (χ3v) is 6.00. The highest BCUT2D eigenvalue weighted by Gasteiger charge is 2.32. The molecule has 3 N–H and O–H groups in total. The molecule has 0 amide bonds. The molecule has 2 aliphatic rings. The van der Waals surface area contributed by atoms with Gasteiger partial charge in [-0.3, -0.25) is 9.89 Å². The summed E-state index contributed by atoms with van der Waals surface area (Å²) in [5, 5.41) is 17.2. The van der Waals surface area contributed by atoms with Crippen LogP contribution in [0.1, 0.15) is 56.6 Å². The summed E-state index contributed by atoms with van der Waals surface area (Å²) in [7, 11) is 0. The Morgan fingerprint density at radius 2 is 1.90 bits per heavy atom. The van der Waals surface area contributed by atoms with Crippen LogP contribution in [0.2, 0.25) is 0 Å². The number of aliphatic imine (C=N–C) groups is 1. The van der Waals surface area contributed by atoms with Gasteiger partial charge in [0.1, 0.15) is 0 Å². The Bertz CT molecular complexity index is 715. The van der Waals surface area contributed by atoms with E-state index in [0.717, 1.165) is 70.2 Å². The van der Waals surface area contributed by atoms with Crippen LogP contribution in [0.15, 0.2) is 29.3 Å². The number of likely N-dealkylation sites (tertiary alicyclic amines) is 1. The van der Waals surface area contributed by atoms with Gasteiger partial charge in [0.25, 0.3) is 0 Å². The molecule has 1 saturated heterocycles. The lowest BCUT2D eigenvalue weighted by molar-refractivity contribution is -0.137. The summed E-state index contributed by atoms with van der Waals surface area (Å²) in [6.45, 7) is 5.33. The first-order valence-electron chi connectivity index (χ1n) is 10.9. The zero-order valence-corrected chi connectivity index (χ0v) is 20.4. The van der Waals surface area contributed by atoms with Crippen LogP contribution in [0, 0.1) is 0 Å². The molecule has 0 aromatic heterocycles. The number of benzene rings is 1.